The Balaban J connectivity index is 1.44. The fourth-order valence-electron chi connectivity index (χ4n) is 2.97. The van der Waals surface area contributed by atoms with E-state index in [0.717, 1.165) is 12.1 Å². The molecule has 0 radical (unpaired) electrons. The Morgan fingerprint density at radius 3 is 2.56 bits per heavy atom. The Bertz CT molecular complexity index is 697. The Morgan fingerprint density at radius 1 is 1.08 bits per heavy atom. The molecule has 0 unspecified atom stereocenters. The smallest absolute Gasteiger partial charge is 0.258 e. The number of carbonyl (C=O) groups is 1. The largest absolute Gasteiger partial charge is 0.484 e. The monoisotopic (exact) mass is 342 g/mol. The van der Waals surface area contributed by atoms with E-state index in [2.05, 4.69) is 22.3 Å². The molecule has 1 heterocycles. The highest BCUT2D eigenvalue weighted by Gasteiger charge is 2.11. The second-order valence-corrected chi connectivity index (χ2v) is 6.32. The SMILES string of the molecule is O=C(COc1ccc(F)cc1)NCc1cccc(CN2CCCC2)c1. The van der Waals surface area contributed by atoms with Gasteiger partial charge in [-0.1, -0.05) is 24.3 Å². The Hall–Kier alpha value is -2.40. The van der Waals surface area contributed by atoms with Gasteiger partial charge in [-0.15, -0.1) is 0 Å². The van der Waals surface area contributed by atoms with Gasteiger partial charge >= 0.3 is 0 Å². The highest BCUT2D eigenvalue weighted by molar-refractivity contribution is 5.77. The molecule has 132 valence electrons. The molecular formula is C20H23FN2O2. The molecule has 0 atom stereocenters. The predicted octanol–water partition coefficient (Wildman–Crippen LogP) is 3.12. The van der Waals surface area contributed by atoms with Crippen molar-refractivity contribution in [2.75, 3.05) is 19.7 Å². The van der Waals surface area contributed by atoms with Gasteiger partial charge in [0.05, 0.1) is 0 Å². The molecule has 0 aliphatic carbocycles. The van der Waals surface area contributed by atoms with Crippen LogP contribution in [0, 0.1) is 5.82 Å². The van der Waals surface area contributed by atoms with Gasteiger partial charge in [0.2, 0.25) is 0 Å². The van der Waals surface area contributed by atoms with E-state index in [-0.39, 0.29) is 18.3 Å². The lowest BCUT2D eigenvalue weighted by Crippen LogP contribution is -2.28. The summed E-state index contributed by atoms with van der Waals surface area (Å²) in [5, 5.41) is 2.85. The molecule has 1 N–H and O–H groups in total. The fourth-order valence-corrected chi connectivity index (χ4v) is 2.97. The zero-order valence-corrected chi connectivity index (χ0v) is 14.2. The third-order valence-electron chi connectivity index (χ3n) is 4.27. The summed E-state index contributed by atoms with van der Waals surface area (Å²) in [6.07, 6.45) is 2.56. The quantitative estimate of drug-likeness (QED) is 0.841. The molecule has 1 saturated heterocycles. The van der Waals surface area contributed by atoms with E-state index in [0.29, 0.717) is 12.3 Å². The van der Waals surface area contributed by atoms with Crippen LogP contribution in [-0.2, 0) is 17.9 Å². The van der Waals surface area contributed by atoms with E-state index in [4.69, 9.17) is 4.74 Å². The molecule has 5 heteroatoms. The summed E-state index contributed by atoms with van der Waals surface area (Å²) < 4.78 is 18.2. The zero-order valence-electron chi connectivity index (χ0n) is 14.2. The maximum atomic E-state index is 12.8. The van der Waals surface area contributed by atoms with Gasteiger partial charge in [-0.2, -0.15) is 0 Å². The van der Waals surface area contributed by atoms with Crippen LogP contribution in [0.4, 0.5) is 4.39 Å². The zero-order chi connectivity index (χ0) is 17.5. The minimum absolute atomic E-state index is 0.0842. The maximum absolute atomic E-state index is 12.8. The van der Waals surface area contributed by atoms with Crippen molar-refractivity contribution in [2.24, 2.45) is 0 Å². The summed E-state index contributed by atoms with van der Waals surface area (Å²) in [6, 6.07) is 13.9. The summed E-state index contributed by atoms with van der Waals surface area (Å²) in [5.74, 6) is -0.0518. The molecule has 0 aromatic heterocycles. The number of rotatable bonds is 7. The molecule has 1 aliphatic rings. The number of amides is 1. The molecule has 1 fully saturated rings. The van der Waals surface area contributed by atoms with Crippen molar-refractivity contribution in [1.29, 1.82) is 0 Å². The lowest BCUT2D eigenvalue weighted by molar-refractivity contribution is -0.123. The van der Waals surface area contributed by atoms with E-state index >= 15 is 0 Å². The molecule has 2 aromatic carbocycles. The van der Waals surface area contributed by atoms with Gasteiger partial charge in [-0.05, 0) is 61.3 Å². The second-order valence-electron chi connectivity index (χ2n) is 6.32. The number of nitrogens with zero attached hydrogens (tertiary/aromatic N) is 1. The molecule has 4 nitrogen and oxygen atoms in total. The number of hydrogen-bond donors (Lipinski definition) is 1. The van der Waals surface area contributed by atoms with Gasteiger partial charge in [0.15, 0.2) is 6.61 Å². The molecule has 1 aliphatic heterocycles. The van der Waals surface area contributed by atoms with Gasteiger partial charge in [0, 0.05) is 13.1 Å². The van der Waals surface area contributed by atoms with E-state index in [1.54, 1.807) is 0 Å². The van der Waals surface area contributed by atoms with Crippen molar-refractivity contribution in [3.05, 3.63) is 65.5 Å². The number of ether oxygens (including phenoxy) is 1. The average molecular weight is 342 g/mol. The summed E-state index contributed by atoms with van der Waals surface area (Å²) >= 11 is 0. The summed E-state index contributed by atoms with van der Waals surface area (Å²) in [5.41, 5.74) is 2.35. The van der Waals surface area contributed by atoms with Crippen molar-refractivity contribution >= 4 is 5.91 Å². The van der Waals surface area contributed by atoms with Crippen LogP contribution in [0.5, 0.6) is 5.75 Å². The molecule has 0 bridgehead atoms. The molecule has 25 heavy (non-hydrogen) atoms. The van der Waals surface area contributed by atoms with Gasteiger partial charge in [-0.3, -0.25) is 9.69 Å². The van der Waals surface area contributed by atoms with Crippen LogP contribution in [0.3, 0.4) is 0 Å². The number of halogens is 1. The topological polar surface area (TPSA) is 41.6 Å². The van der Waals surface area contributed by atoms with Crippen LogP contribution in [0.25, 0.3) is 0 Å². The number of hydrogen-bond acceptors (Lipinski definition) is 3. The Kier molecular flexibility index (Phi) is 6.01. The number of nitrogens with one attached hydrogen (secondary N) is 1. The minimum Gasteiger partial charge on any atom is -0.484 e. The van der Waals surface area contributed by atoms with Gasteiger partial charge in [0.1, 0.15) is 11.6 Å². The third kappa shape index (κ3) is 5.57. The molecule has 3 rings (SSSR count). The summed E-state index contributed by atoms with van der Waals surface area (Å²) in [6.45, 7) is 3.69. The summed E-state index contributed by atoms with van der Waals surface area (Å²) in [7, 11) is 0. The highest BCUT2D eigenvalue weighted by atomic mass is 19.1. The van der Waals surface area contributed by atoms with Gasteiger partial charge in [-0.25, -0.2) is 4.39 Å². The van der Waals surface area contributed by atoms with Crippen LogP contribution < -0.4 is 10.1 Å². The molecule has 0 saturated carbocycles. The lowest BCUT2D eigenvalue weighted by Gasteiger charge is -2.15. The number of benzene rings is 2. The molecule has 1 amide bonds. The van der Waals surface area contributed by atoms with Crippen molar-refractivity contribution in [1.82, 2.24) is 10.2 Å². The van der Waals surface area contributed by atoms with Crippen molar-refractivity contribution in [3.63, 3.8) is 0 Å². The molecule has 0 spiro atoms. The summed E-state index contributed by atoms with van der Waals surface area (Å²) in [4.78, 5) is 14.4. The Morgan fingerprint density at radius 2 is 1.80 bits per heavy atom. The second kappa shape index (κ2) is 8.62. The minimum atomic E-state index is -0.328. The number of carbonyl (C=O) groups excluding carboxylic acids is 1. The standard InChI is InChI=1S/C20H23FN2O2/c21-18-6-8-19(9-7-18)25-15-20(24)22-13-16-4-3-5-17(12-16)14-23-10-1-2-11-23/h3-9,12H,1-2,10-11,13-15H2,(H,22,24). The highest BCUT2D eigenvalue weighted by Crippen LogP contribution is 2.14. The first kappa shape index (κ1) is 17.4. The van der Waals surface area contributed by atoms with Crippen molar-refractivity contribution in [2.45, 2.75) is 25.9 Å². The maximum Gasteiger partial charge on any atom is 0.258 e. The predicted molar refractivity (Wildman–Crippen MR) is 94.7 cm³/mol. The normalized spacial score (nSPS) is 14.4. The first-order chi connectivity index (χ1) is 12.2. The van der Waals surface area contributed by atoms with E-state index in [9.17, 15) is 9.18 Å². The van der Waals surface area contributed by atoms with Gasteiger partial charge in [0.25, 0.3) is 5.91 Å². The molecule has 2 aromatic rings. The van der Waals surface area contributed by atoms with Crippen LogP contribution in [0.15, 0.2) is 48.5 Å². The van der Waals surface area contributed by atoms with Crippen molar-refractivity contribution in [3.8, 4) is 5.75 Å². The average Bonchev–Trinajstić information content (AvgIpc) is 3.13. The fraction of sp³-hybridized carbons (Fsp3) is 0.350. The van der Waals surface area contributed by atoms with E-state index in [1.807, 2.05) is 12.1 Å². The first-order valence-corrected chi connectivity index (χ1v) is 8.64. The molecular weight excluding hydrogens is 319 g/mol. The van der Waals surface area contributed by atoms with Crippen LogP contribution in [0.1, 0.15) is 24.0 Å². The van der Waals surface area contributed by atoms with Crippen molar-refractivity contribution < 1.29 is 13.9 Å². The van der Waals surface area contributed by atoms with Crippen LogP contribution >= 0.6 is 0 Å². The number of likely N-dealkylation sites (tertiary alicyclic amines) is 1. The first-order valence-electron chi connectivity index (χ1n) is 8.64. The van der Waals surface area contributed by atoms with Gasteiger partial charge < -0.3 is 10.1 Å². The lowest BCUT2D eigenvalue weighted by atomic mass is 10.1. The van der Waals surface area contributed by atoms with E-state index < -0.39 is 0 Å². The Labute approximate surface area is 147 Å². The van der Waals surface area contributed by atoms with Crippen LogP contribution in [-0.4, -0.2) is 30.5 Å². The third-order valence-corrected chi connectivity index (χ3v) is 4.27. The van der Waals surface area contributed by atoms with Crippen LogP contribution in [0.2, 0.25) is 0 Å². The van der Waals surface area contributed by atoms with E-state index in [1.165, 1.54) is 55.8 Å².